The van der Waals surface area contributed by atoms with Gasteiger partial charge in [-0.1, -0.05) is 44.2 Å². The first kappa shape index (κ1) is 16.4. The van der Waals surface area contributed by atoms with Gasteiger partial charge < -0.3 is 11.1 Å². The molecule has 2 aromatic rings. The molecule has 0 spiro atoms. The summed E-state index contributed by atoms with van der Waals surface area (Å²) < 4.78 is 1.20. The number of carbonyl (C=O) groups excluding carboxylic acids is 1. The van der Waals surface area contributed by atoms with E-state index in [2.05, 4.69) is 16.4 Å². The van der Waals surface area contributed by atoms with Crippen LogP contribution in [0.25, 0.3) is 10.2 Å². The molecule has 0 aliphatic heterocycles. The number of nitrogens with zero attached hydrogens (tertiary/aromatic N) is 1. The molecule has 1 fully saturated rings. The minimum atomic E-state index is -0.367. The summed E-state index contributed by atoms with van der Waals surface area (Å²) in [6, 6.07) is 7.76. The number of para-hydroxylation sites is 1. The molecule has 4 nitrogen and oxygen atoms in total. The molecule has 5 heteroatoms. The lowest BCUT2D eigenvalue weighted by Gasteiger charge is -2.24. The van der Waals surface area contributed by atoms with Crippen molar-refractivity contribution in [1.29, 1.82) is 0 Å². The van der Waals surface area contributed by atoms with Crippen LogP contribution in [0.5, 0.6) is 0 Å². The highest BCUT2D eigenvalue weighted by Crippen LogP contribution is 2.27. The second-order valence-corrected chi connectivity index (χ2v) is 7.58. The molecule has 1 aromatic carbocycles. The first-order valence-corrected chi connectivity index (χ1v) is 9.42. The highest BCUT2D eigenvalue weighted by atomic mass is 32.1. The summed E-state index contributed by atoms with van der Waals surface area (Å²) in [6.45, 7) is 0.608. The van der Waals surface area contributed by atoms with Gasteiger partial charge in [-0.15, -0.1) is 11.3 Å². The molecular weight excluding hydrogens is 306 g/mol. The van der Waals surface area contributed by atoms with E-state index in [1.54, 1.807) is 11.3 Å². The summed E-state index contributed by atoms with van der Waals surface area (Å²) >= 11 is 1.69. The van der Waals surface area contributed by atoms with Gasteiger partial charge in [0, 0.05) is 13.0 Å². The van der Waals surface area contributed by atoms with Crippen molar-refractivity contribution in [2.75, 3.05) is 6.54 Å². The lowest BCUT2D eigenvalue weighted by molar-refractivity contribution is -0.122. The van der Waals surface area contributed by atoms with Gasteiger partial charge in [-0.25, -0.2) is 4.98 Å². The largest absolute Gasteiger partial charge is 0.354 e. The Morgan fingerprint density at radius 1 is 1.30 bits per heavy atom. The van der Waals surface area contributed by atoms with E-state index in [4.69, 9.17) is 5.73 Å². The second kappa shape index (κ2) is 7.88. The highest BCUT2D eigenvalue weighted by Gasteiger charge is 2.21. The Balaban J connectivity index is 1.43. The SMILES string of the molecule is NC(CC1CCCCC1)C(=O)NCCc1nc2ccccc2s1. The number of thiazole rings is 1. The standard InChI is InChI=1S/C18H25N3OS/c19-14(12-13-6-2-1-3-7-13)18(22)20-11-10-17-21-15-8-4-5-9-16(15)23-17/h4-5,8-9,13-14H,1-3,6-7,10-12,19H2,(H,20,22). The fraction of sp³-hybridized carbons (Fsp3) is 0.556. The van der Waals surface area contributed by atoms with Crippen molar-refractivity contribution in [3.8, 4) is 0 Å². The van der Waals surface area contributed by atoms with Crippen LogP contribution in [0.3, 0.4) is 0 Å². The molecule has 1 saturated carbocycles. The van der Waals surface area contributed by atoms with Crippen molar-refractivity contribution < 1.29 is 4.79 Å². The van der Waals surface area contributed by atoms with Crippen molar-refractivity contribution in [2.24, 2.45) is 11.7 Å². The van der Waals surface area contributed by atoms with Gasteiger partial charge in [-0.05, 0) is 24.5 Å². The van der Waals surface area contributed by atoms with E-state index in [1.807, 2.05) is 18.2 Å². The molecule has 1 aliphatic carbocycles. The van der Waals surface area contributed by atoms with E-state index in [0.29, 0.717) is 12.5 Å². The van der Waals surface area contributed by atoms with Crippen molar-refractivity contribution in [3.63, 3.8) is 0 Å². The minimum absolute atomic E-state index is 0.0170. The van der Waals surface area contributed by atoms with Crippen LogP contribution in [-0.2, 0) is 11.2 Å². The molecule has 1 aliphatic rings. The molecule has 1 heterocycles. The Morgan fingerprint density at radius 3 is 2.87 bits per heavy atom. The van der Waals surface area contributed by atoms with Crippen molar-refractivity contribution in [3.05, 3.63) is 29.3 Å². The number of benzene rings is 1. The van der Waals surface area contributed by atoms with Gasteiger partial charge in [0.2, 0.25) is 5.91 Å². The summed E-state index contributed by atoms with van der Waals surface area (Å²) in [5.41, 5.74) is 7.10. The Morgan fingerprint density at radius 2 is 2.09 bits per heavy atom. The second-order valence-electron chi connectivity index (χ2n) is 6.46. The first-order chi connectivity index (χ1) is 11.2. The molecule has 1 unspecified atom stereocenters. The van der Waals surface area contributed by atoms with Gasteiger partial charge in [-0.3, -0.25) is 4.79 Å². The van der Waals surface area contributed by atoms with Crippen LogP contribution in [0, 0.1) is 5.92 Å². The van der Waals surface area contributed by atoms with Crippen LogP contribution in [0.15, 0.2) is 24.3 Å². The molecule has 0 radical (unpaired) electrons. The molecule has 1 atom stereocenters. The summed E-state index contributed by atoms with van der Waals surface area (Å²) in [5, 5.41) is 4.03. The molecule has 3 N–H and O–H groups in total. The van der Waals surface area contributed by atoms with Crippen LogP contribution >= 0.6 is 11.3 Å². The molecular formula is C18H25N3OS. The fourth-order valence-corrected chi connectivity index (χ4v) is 4.31. The van der Waals surface area contributed by atoms with Crippen LogP contribution in [-0.4, -0.2) is 23.5 Å². The van der Waals surface area contributed by atoms with Crippen LogP contribution in [0.2, 0.25) is 0 Å². The Kier molecular flexibility index (Phi) is 5.62. The molecule has 3 rings (SSSR count). The van der Waals surface area contributed by atoms with Crippen LogP contribution in [0.4, 0.5) is 0 Å². The van der Waals surface area contributed by atoms with Gasteiger partial charge in [0.05, 0.1) is 21.3 Å². The predicted molar refractivity (Wildman–Crippen MR) is 95.5 cm³/mol. The van der Waals surface area contributed by atoms with E-state index in [9.17, 15) is 4.79 Å². The molecule has 0 bridgehead atoms. The maximum absolute atomic E-state index is 12.1. The lowest BCUT2D eigenvalue weighted by atomic mass is 9.85. The summed E-state index contributed by atoms with van der Waals surface area (Å²) in [6.07, 6.45) is 7.96. The maximum atomic E-state index is 12.1. The molecule has 1 aromatic heterocycles. The number of fused-ring (bicyclic) bond motifs is 1. The fourth-order valence-electron chi connectivity index (χ4n) is 3.34. The van der Waals surface area contributed by atoms with E-state index >= 15 is 0 Å². The number of aromatic nitrogens is 1. The average Bonchev–Trinajstić information content (AvgIpc) is 2.98. The van der Waals surface area contributed by atoms with E-state index in [0.717, 1.165) is 23.4 Å². The van der Waals surface area contributed by atoms with Crippen LogP contribution < -0.4 is 11.1 Å². The number of rotatable bonds is 6. The van der Waals surface area contributed by atoms with E-state index in [1.165, 1.54) is 36.8 Å². The van der Waals surface area contributed by atoms with Gasteiger partial charge in [0.25, 0.3) is 0 Å². The number of nitrogens with one attached hydrogen (secondary N) is 1. The molecule has 23 heavy (non-hydrogen) atoms. The zero-order valence-corrected chi connectivity index (χ0v) is 14.3. The Hall–Kier alpha value is -1.46. The number of hydrogen-bond donors (Lipinski definition) is 2. The quantitative estimate of drug-likeness (QED) is 0.854. The summed E-state index contributed by atoms with van der Waals surface area (Å²) in [5.74, 6) is 0.616. The zero-order valence-electron chi connectivity index (χ0n) is 13.5. The average molecular weight is 331 g/mol. The molecule has 124 valence electrons. The Bertz CT molecular complexity index is 616. The topological polar surface area (TPSA) is 68.0 Å². The van der Waals surface area contributed by atoms with Crippen molar-refractivity contribution >= 4 is 27.5 Å². The lowest BCUT2D eigenvalue weighted by Crippen LogP contribution is -2.42. The number of hydrogen-bond acceptors (Lipinski definition) is 4. The third-order valence-electron chi connectivity index (χ3n) is 4.63. The molecule has 0 saturated heterocycles. The Labute approximate surface area is 141 Å². The monoisotopic (exact) mass is 331 g/mol. The number of carbonyl (C=O) groups is 1. The van der Waals surface area contributed by atoms with Gasteiger partial charge >= 0.3 is 0 Å². The summed E-state index contributed by atoms with van der Waals surface area (Å²) in [7, 11) is 0. The van der Waals surface area contributed by atoms with Crippen molar-refractivity contribution in [1.82, 2.24) is 10.3 Å². The maximum Gasteiger partial charge on any atom is 0.236 e. The van der Waals surface area contributed by atoms with Gasteiger partial charge in [0.15, 0.2) is 0 Å². The van der Waals surface area contributed by atoms with Gasteiger partial charge in [0.1, 0.15) is 0 Å². The first-order valence-electron chi connectivity index (χ1n) is 8.60. The number of amides is 1. The smallest absolute Gasteiger partial charge is 0.236 e. The minimum Gasteiger partial charge on any atom is -0.354 e. The van der Waals surface area contributed by atoms with E-state index in [-0.39, 0.29) is 11.9 Å². The predicted octanol–water partition coefficient (Wildman–Crippen LogP) is 3.25. The van der Waals surface area contributed by atoms with Crippen LogP contribution in [0.1, 0.15) is 43.5 Å². The summed E-state index contributed by atoms with van der Waals surface area (Å²) in [4.78, 5) is 16.7. The normalized spacial score (nSPS) is 17.3. The zero-order chi connectivity index (χ0) is 16.1. The van der Waals surface area contributed by atoms with E-state index < -0.39 is 0 Å². The third kappa shape index (κ3) is 4.52. The number of nitrogens with two attached hydrogens (primary N) is 1. The van der Waals surface area contributed by atoms with Crippen molar-refractivity contribution in [2.45, 2.75) is 51.0 Å². The molecule has 1 amide bonds. The third-order valence-corrected chi connectivity index (χ3v) is 5.72. The van der Waals surface area contributed by atoms with Gasteiger partial charge in [-0.2, -0.15) is 0 Å². The highest BCUT2D eigenvalue weighted by molar-refractivity contribution is 7.18.